The van der Waals surface area contributed by atoms with E-state index in [9.17, 15) is 27.6 Å². The lowest BCUT2D eigenvalue weighted by Crippen LogP contribution is -2.42. The van der Waals surface area contributed by atoms with Crippen molar-refractivity contribution in [3.8, 4) is 0 Å². The number of alkyl halides is 1. The number of ether oxygens (including phenoxy) is 3. The third-order valence-electron chi connectivity index (χ3n) is 7.78. The van der Waals surface area contributed by atoms with Crippen LogP contribution in [0.3, 0.4) is 0 Å². The van der Waals surface area contributed by atoms with E-state index in [1.54, 1.807) is 23.3 Å². The molecular formula is C32H41Cl2NO9S2. The molecule has 0 N–H and O–H groups in total. The maximum atomic E-state index is 12.9. The van der Waals surface area contributed by atoms with Crippen LogP contribution < -0.4 is 4.90 Å². The molecule has 2 unspecified atom stereocenters. The fourth-order valence-electron chi connectivity index (χ4n) is 5.59. The first-order valence-electron chi connectivity index (χ1n) is 14.9. The Kier molecular flexibility index (Phi) is 14.4. The van der Waals surface area contributed by atoms with E-state index in [4.69, 9.17) is 37.4 Å². The number of carbonyl (C=O) groups is 4. The molecule has 2 heterocycles. The van der Waals surface area contributed by atoms with Crippen molar-refractivity contribution >= 4 is 73.3 Å². The van der Waals surface area contributed by atoms with E-state index in [1.165, 1.54) is 12.1 Å². The molecule has 10 nitrogen and oxygen atoms in total. The number of sulfone groups is 1. The Bertz CT molecular complexity index is 1500. The summed E-state index contributed by atoms with van der Waals surface area (Å²) in [5.74, 6) is -3.00. The van der Waals surface area contributed by atoms with Gasteiger partial charge in [-0.2, -0.15) is 0 Å². The van der Waals surface area contributed by atoms with Gasteiger partial charge in [-0.1, -0.05) is 11.6 Å². The van der Waals surface area contributed by atoms with Crippen LogP contribution in [0.2, 0.25) is 5.02 Å². The zero-order valence-corrected chi connectivity index (χ0v) is 29.9. The Morgan fingerprint density at radius 1 is 1.15 bits per heavy atom. The largest absolute Gasteiger partial charge is 0.383 e. The van der Waals surface area contributed by atoms with Crippen molar-refractivity contribution in [2.75, 3.05) is 44.0 Å². The average molecular weight is 719 g/mol. The number of hydrogen-bond donors (Lipinski definition) is 0. The Morgan fingerprint density at radius 2 is 1.83 bits per heavy atom. The molecule has 1 aromatic heterocycles. The molecule has 1 saturated carbocycles. The predicted molar refractivity (Wildman–Crippen MR) is 178 cm³/mol. The maximum Gasteiger partial charge on any atom is 0.242 e. The van der Waals surface area contributed by atoms with Gasteiger partial charge >= 0.3 is 0 Å². The molecule has 254 valence electrons. The molecular weight excluding hydrogens is 677 g/mol. The van der Waals surface area contributed by atoms with E-state index in [1.807, 2.05) is 20.8 Å². The number of carbonyl (C=O) groups excluding carboxylic acids is 4. The first-order chi connectivity index (χ1) is 21.7. The van der Waals surface area contributed by atoms with Crippen LogP contribution >= 0.6 is 34.5 Å². The number of benzene rings is 1. The first kappa shape index (κ1) is 38.3. The lowest BCUT2D eigenvalue weighted by Gasteiger charge is -2.29. The minimum Gasteiger partial charge on any atom is -0.383 e. The van der Waals surface area contributed by atoms with E-state index in [0.717, 1.165) is 35.2 Å². The summed E-state index contributed by atoms with van der Waals surface area (Å²) in [7, 11) is -2.00. The smallest absolute Gasteiger partial charge is 0.242 e. The molecule has 14 heteroatoms. The molecule has 4 rings (SSSR count). The van der Waals surface area contributed by atoms with Gasteiger partial charge in [0.25, 0.3) is 0 Å². The second kappa shape index (κ2) is 17.3. The highest BCUT2D eigenvalue weighted by molar-refractivity contribution is 7.90. The molecule has 2 aliphatic rings. The second-order valence-corrected chi connectivity index (χ2v) is 15.1. The zero-order chi connectivity index (χ0) is 34.2. The SMILES string of the molecule is COCC(C)N(C(=O)CCl)c1c(C)csc1C.CS(=O)(=O)c1ccc(C(=O)C2C(=O)CCCC2=O)c(Cl)c1COCC1CCCO1. The van der Waals surface area contributed by atoms with Crippen LogP contribution in [0.1, 0.15) is 65.4 Å². The van der Waals surface area contributed by atoms with Gasteiger partial charge in [-0.15, -0.1) is 22.9 Å². The Morgan fingerprint density at radius 3 is 2.35 bits per heavy atom. The normalized spacial score (nSPS) is 17.8. The highest BCUT2D eigenvalue weighted by Crippen LogP contribution is 2.33. The molecule has 0 spiro atoms. The fraction of sp³-hybridized carbons (Fsp3) is 0.562. The van der Waals surface area contributed by atoms with Gasteiger partial charge < -0.3 is 19.1 Å². The van der Waals surface area contributed by atoms with Crippen LogP contribution in [-0.2, 0) is 45.0 Å². The van der Waals surface area contributed by atoms with Crippen molar-refractivity contribution in [1.82, 2.24) is 0 Å². The Labute approximate surface area is 284 Å². The third-order valence-corrected chi connectivity index (χ3v) is 10.6. The predicted octanol–water partition coefficient (Wildman–Crippen LogP) is 5.53. The first-order valence-corrected chi connectivity index (χ1v) is 18.6. The zero-order valence-electron chi connectivity index (χ0n) is 26.7. The number of anilines is 1. The molecule has 1 saturated heterocycles. The molecule has 2 atom stereocenters. The van der Waals surface area contributed by atoms with Gasteiger partial charge in [-0.05, 0) is 63.1 Å². The second-order valence-electron chi connectivity index (χ2n) is 11.4. The van der Waals surface area contributed by atoms with Crippen molar-refractivity contribution in [3.63, 3.8) is 0 Å². The fourth-order valence-corrected chi connectivity index (χ4v) is 7.85. The quantitative estimate of drug-likeness (QED) is 0.158. The maximum absolute atomic E-state index is 12.9. The number of rotatable bonds is 12. The van der Waals surface area contributed by atoms with Gasteiger partial charge in [-0.25, -0.2) is 8.42 Å². The Balaban J connectivity index is 0.000000289. The average Bonchev–Trinajstić information content (AvgIpc) is 3.63. The summed E-state index contributed by atoms with van der Waals surface area (Å²) < 4.78 is 40.6. The van der Waals surface area contributed by atoms with Gasteiger partial charge in [0.1, 0.15) is 11.8 Å². The molecule has 1 aliphatic carbocycles. The summed E-state index contributed by atoms with van der Waals surface area (Å²) in [6.07, 6.45) is 3.55. The van der Waals surface area contributed by atoms with Gasteiger partial charge in [0, 0.05) is 48.8 Å². The molecule has 1 amide bonds. The number of thiophene rings is 1. The van der Waals surface area contributed by atoms with Crippen LogP contribution in [0.15, 0.2) is 22.4 Å². The molecule has 2 fully saturated rings. The number of Topliss-reactive ketones (excluding diaryl/α,β-unsaturated/α-hetero) is 3. The number of nitrogens with zero attached hydrogens (tertiary/aromatic N) is 1. The van der Waals surface area contributed by atoms with Crippen LogP contribution in [-0.4, -0.2) is 82.9 Å². The van der Waals surface area contributed by atoms with Crippen molar-refractivity contribution in [2.45, 2.75) is 76.5 Å². The number of amides is 1. The van der Waals surface area contributed by atoms with Gasteiger partial charge in [0.15, 0.2) is 27.2 Å². The van der Waals surface area contributed by atoms with Crippen molar-refractivity contribution in [2.24, 2.45) is 5.92 Å². The van der Waals surface area contributed by atoms with E-state index in [-0.39, 0.29) is 71.0 Å². The summed E-state index contributed by atoms with van der Waals surface area (Å²) in [6.45, 7) is 7.29. The number of aryl methyl sites for hydroxylation is 2. The highest BCUT2D eigenvalue weighted by atomic mass is 35.5. The topological polar surface area (TPSA) is 133 Å². The lowest BCUT2D eigenvalue weighted by atomic mass is 9.81. The van der Waals surface area contributed by atoms with E-state index >= 15 is 0 Å². The molecule has 0 radical (unpaired) electrons. The molecule has 1 aliphatic heterocycles. The van der Waals surface area contributed by atoms with Crippen LogP contribution in [0.5, 0.6) is 0 Å². The summed E-state index contributed by atoms with van der Waals surface area (Å²) >= 11 is 13.7. The van der Waals surface area contributed by atoms with E-state index < -0.39 is 33.1 Å². The summed E-state index contributed by atoms with van der Waals surface area (Å²) in [6, 6.07) is 2.52. The molecule has 1 aromatic carbocycles. The summed E-state index contributed by atoms with van der Waals surface area (Å²) in [4.78, 5) is 52.0. The van der Waals surface area contributed by atoms with Gasteiger partial charge in [0.05, 0.1) is 47.6 Å². The van der Waals surface area contributed by atoms with E-state index in [2.05, 4.69) is 5.38 Å². The van der Waals surface area contributed by atoms with Crippen molar-refractivity contribution < 1.29 is 41.8 Å². The van der Waals surface area contributed by atoms with Crippen molar-refractivity contribution in [1.29, 1.82) is 0 Å². The van der Waals surface area contributed by atoms with Crippen LogP contribution in [0.25, 0.3) is 0 Å². The minimum absolute atomic E-state index is 0.0111. The number of ketones is 3. The number of methoxy groups -OCH3 is 1. The highest BCUT2D eigenvalue weighted by Gasteiger charge is 2.38. The van der Waals surface area contributed by atoms with E-state index in [0.29, 0.717) is 19.6 Å². The lowest BCUT2D eigenvalue weighted by molar-refractivity contribution is -0.133. The van der Waals surface area contributed by atoms with Gasteiger partial charge in [0.2, 0.25) is 5.91 Å². The summed E-state index contributed by atoms with van der Waals surface area (Å²) in [5, 5.41) is 1.95. The van der Waals surface area contributed by atoms with Crippen molar-refractivity contribution in [3.05, 3.63) is 44.1 Å². The monoisotopic (exact) mass is 717 g/mol. The molecule has 46 heavy (non-hydrogen) atoms. The van der Waals surface area contributed by atoms with Gasteiger partial charge in [-0.3, -0.25) is 19.2 Å². The van der Waals surface area contributed by atoms with Crippen LogP contribution in [0, 0.1) is 19.8 Å². The number of hydrogen-bond acceptors (Lipinski definition) is 10. The standard InChI is InChI=1S/C20H23ClO7S.C12H18ClNO2S/c1-29(25,26)17-8-7-13(20(24)18-15(22)5-2-6-16(18)23)19(21)14(17)11-27-10-12-4-3-9-28-12;1-8-7-17-10(3)12(8)14(11(15)5-13)9(2)6-16-4/h7-8,12,18H,2-6,9-11H2,1H3;7,9H,5-6H2,1-4H3. The molecule has 0 bridgehead atoms. The minimum atomic E-state index is -3.64. The number of halogens is 2. The summed E-state index contributed by atoms with van der Waals surface area (Å²) in [5.41, 5.74) is 2.19. The molecule has 2 aromatic rings. The third kappa shape index (κ3) is 9.46. The van der Waals surface area contributed by atoms with Crippen LogP contribution in [0.4, 0.5) is 5.69 Å². The Hall–Kier alpha value is -2.19.